The van der Waals surface area contributed by atoms with Crippen LogP contribution in [0, 0.1) is 5.92 Å². The second-order valence-corrected chi connectivity index (χ2v) is 7.86. The average Bonchev–Trinajstić information content (AvgIpc) is 2.15. The van der Waals surface area contributed by atoms with E-state index in [1.807, 2.05) is 0 Å². The zero-order chi connectivity index (χ0) is 14.7. The number of hydrogen-bond acceptors (Lipinski definition) is 7. The third kappa shape index (κ3) is 4.53. The average molecular weight is 300 g/mol. The molecular formula is C8H12O8S2. The highest BCUT2D eigenvalue weighted by atomic mass is 32.2. The Hall–Kier alpha value is -1.29. The van der Waals surface area contributed by atoms with Crippen LogP contribution in [0.4, 0.5) is 0 Å². The molecule has 0 aliphatic carbocycles. The van der Waals surface area contributed by atoms with Crippen molar-refractivity contribution in [1.29, 1.82) is 0 Å². The molecular weight excluding hydrogens is 288 g/mol. The second kappa shape index (κ2) is 5.57. The smallest absolute Gasteiger partial charge is 0.308 e. The van der Waals surface area contributed by atoms with Gasteiger partial charge in [-0.2, -0.15) is 0 Å². The number of carbonyl (C=O) groups is 3. The molecule has 0 aromatic rings. The van der Waals surface area contributed by atoms with E-state index >= 15 is 0 Å². The summed E-state index contributed by atoms with van der Waals surface area (Å²) in [5, 5.41) is 6.20. The Labute approximate surface area is 104 Å². The maximum absolute atomic E-state index is 11.2. The third-order valence-electron chi connectivity index (χ3n) is 2.07. The summed E-state index contributed by atoms with van der Waals surface area (Å²) in [5.74, 6) is -5.86. The summed E-state index contributed by atoms with van der Waals surface area (Å²) >= 11 is 0. The molecule has 104 valence electrons. The molecule has 1 N–H and O–H groups in total. The van der Waals surface area contributed by atoms with E-state index in [0.29, 0.717) is 0 Å². The molecule has 0 saturated heterocycles. The molecule has 0 amide bonds. The van der Waals surface area contributed by atoms with Crippen LogP contribution in [0.3, 0.4) is 0 Å². The Kier molecular flexibility index (Phi) is 5.17. The lowest BCUT2D eigenvalue weighted by atomic mass is 10.2. The first-order chi connectivity index (χ1) is 7.90. The maximum Gasteiger partial charge on any atom is 0.308 e. The number of carboxylic acid groups (broad SMARTS) is 1. The maximum atomic E-state index is 11.2. The van der Waals surface area contributed by atoms with Crippen LogP contribution in [0.15, 0.2) is 0 Å². The quantitative estimate of drug-likeness (QED) is 0.654. The summed E-state index contributed by atoms with van der Waals surface area (Å²) in [5.41, 5.74) is 0. The molecule has 0 unspecified atom stereocenters. The topological polar surface area (TPSA) is 140 Å². The molecule has 0 aliphatic rings. The minimum atomic E-state index is -4.34. The van der Waals surface area contributed by atoms with Gasteiger partial charge in [0.2, 0.25) is 29.9 Å². The van der Waals surface area contributed by atoms with Gasteiger partial charge >= 0.3 is 5.97 Å². The molecule has 0 spiro atoms. The van der Waals surface area contributed by atoms with Gasteiger partial charge in [0, 0.05) is 13.8 Å². The monoisotopic (exact) mass is 300 g/mol. The SMILES string of the molecule is CC(=O)S(=O)(=O)CC(CS(=O)(=O)C(C)=O)C(=O)O. The van der Waals surface area contributed by atoms with Crippen molar-refractivity contribution in [1.82, 2.24) is 0 Å². The van der Waals surface area contributed by atoms with Crippen molar-refractivity contribution in [2.45, 2.75) is 13.8 Å². The van der Waals surface area contributed by atoms with Crippen molar-refractivity contribution in [3.8, 4) is 0 Å². The van der Waals surface area contributed by atoms with Crippen LogP contribution in [0.5, 0.6) is 0 Å². The molecule has 0 radical (unpaired) electrons. The van der Waals surface area contributed by atoms with Crippen LogP contribution < -0.4 is 0 Å². The van der Waals surface area contributed by atoms with Crippen LogP contribution in [0.2, 0.25) is 0 Å². The van der Waals surface area contributed by atoms with E-state index in [9.17, 15) is 31.2 Å². The van der Waals surface area contributed by atoms with E-state index in [1.165, 1.54) is 0 Å². The normalized spacial score (nSPS) is 12.4. The van der Waals surface area contributed by atoms with Crippen molar-refractivity contribution in [3.63, 3.8) is 0 Å². The Morgan fingerprint density at radius 2 is 1.17 bits per heavy atom. The highest BCUT2D eigenvalue weighted by Gasteiger charge is 2.33. The summed E-state index contributed by atoms with van der Waals surface area (Å²) in [6, 6.07) is 0. The molecule has 8 nitrogen and oxygen atoms in total. The Morgan fingerprint density at radius 3 is 1.33 bits per heavy atom. The number of sulfone groups is 2. The zero-order valence-corrected chi connectivity index (χ0v) is 11.2. The molecule has 0 rings (SSSR count). The van der Waals surface area contributed by atoms with Crippen LogP contribution in [0.1, 0.15) is 13.8 Å². The van der Waals surface area contributed by atoms with E-state index in [0.717, 1.165) is 13.8 Å². The van der Waals surface area contributed by atoms with Gasteiger partial charge in [-0.3, -0.25) is 14.4 Å². The summed E-state index contributed by atoms with van der Waals surface area (Å²) < 4.78 is 44.8. The fourth-order valence-corrected chi connectivity index (χ4v) is 3.15. The lowest BCUT2D eigenvalue weighted by Gasteiger charge is -2.10. The summed E-state index contributed by atoms with van der Waals surface area (Å²) in [6.07, 6.45) is 0. The Balaban J connectivity index is 5.23. The fourth-order valence-electron chi connectivity index (χ4n) is 0.955. The molecule has 0 heterocycles. The highest BCUT2D eigenvalue weighted by Crippen LogP contribution is 2.09. The third-order valence-corrected chi connectivity index (χ3v) is 5.50. The number of carboxylic acids is 1. The zero-order valence-electron chi connectivity index (χ0n) is 9.61. The van der Waals surface area contributed by atoms with Gasteiger partial charge in [0.1, 0.15) is 0 Å². The van der Waals surface area contributed by atoms with E-state index in [-0.39, 0.29) is 0 Å². The van der Waals surface area contributed by atoms with E-state index in [2.05, 4.69) is 0 Å². The van der Waals surface area contributed by atoms with Crippen LogP contribution in [-0.4, -0.2) is 49.6 Å². The summed E-state index contributed by atoms with van der Waals surface area (Å²) in [7, 11) is -8.67. The highest BCUT2D eigenvalue weighted by molar-refractivity contribution is 8.06. The van der Waals surface area contributed by atoms with E-state index in [1.54, 1.807) is 0 Å². The van der Waals surface area contributed by atoms with Gasteiger partial charge in [0.25, 0.3) is 0 Å². The predicted octanol–water partition coefficient (Wildman–Crippen LogP) is -1.39. The van der Waals surface area contributed by atoms with E-state index in [4.69, 9.17) is 5.11 Å². The molecule has 0 atom stereocenters. The fraction of sp³-hybridized carbons (Fsp3) is 0.625. The van der Waals surface area contributed by atoms with Crippen LogP contribution in [-0.2, 0) is 34.1 Å². The number of rotatable bonds is 5. The van der Waals surface area contributed by atoms with E-state index < -0.39 is 53.3 Å². The largest absolute Gasteiger partial charge is 0.481 e. The van der Waals surface area contributed by atoms with Gasteiger partial charge in [0.15, 0.2) is 0 Å². The molecule has 0 saturated carbocycles. The molecule has 10 heteroatoms. The van der Waals surface area contributed by atoms with Gasteiger partial charge in [0.05, 0.1) is 17.4 Å². The Bertz CT molecular complexity index is 522. The standard InChI is InChI=1S/C8H12O8S2/c1-5(9)17(13,14)3-7(8(11)12)4-18(15,16)6(2)10/h7H,3-4H2,1-2H3,(H,11,12). The lowest BCUT2D eigenvalue weighted by Crippen LogP contribution is -2.34. The number of aliphatic carboxylic acids is 1. The van der Waals surface area contributed by atoms with Crippen molar-refractivity contribution in [2.24, 2.45) is 5.92 Å². The van der Waals surface area contributed by atoms with Gasteiger partial charge < -0.3 is 5.11 Å². The molecule has 0 fully saturated rings. The van der Waals surface area contributed by atoms with Crippen molar-refractivity contribution < 1.29 is 36.3 Å². The van der Waals surface area contributed by atoms with Crippen LogP contribution >= 0.6 is 0 Å². The first-order valence-corrected chi connectivity index (χ1v) is 7.90. The summed E-state index contributed by atoms with van der Waals surface area (Å²) in [4.78, 5) is 32.2. The first-order valence-electron chi connectivity index (χ1n) is 4.59. The summed E-state index contributed by atoms with van der Waals surface area (Å²) in [6.45, 7) is 1.46. The number of hydrogen-bond donors (Lipinski definition) is 1. The lowest BCUT2D eigenvalue weighted by molar-refractivity contribution is -0.140. The molecule has 18 heavy (non-hydrogen) atoms. The second-order valence-electron chi connectivity index (χ2n) is 3.58. The predicted molar refractivity (Wildman–Crippen MR) is 60.1 cm³/mol. The van der Waals surface area contributed by atoms with Crippen molar-refractivity contribution >= 4 is 35.9 Å². The van der Waals surface area contributed by atoms with Gasteiger partial charge in [-0.05, 0) is 0 Å². The molecule has 0 bridgehead atoms. The minimum absolute atomic E-state index is 0.730. The minimum Gasteiger partial charge on any atom is -0.481 e. The molecule has 0 aromatic heterocycles. The van der Waals surface area contributed by atoms with Gasteiger partial charge in [-0.15, -0.1) is 0 Å². The Morgan fingerprint density at radius 1 is 0.889 bits per heavy atom. The van der Waals surface area contributed by atoms with Crippen molar-refractivity contribution in [3.05, 3.63) is 0 Å². The van der Waals surface area contributed by atoms with Crippen LogP contribution in [0.25, 0.3) is 0 Å². The molecule has 0 aliphatic heterocycles. The number of carbonyl (C=O) groups excluding carboxylic acids is 2. The first kappa shape index (κ1) is 16.7. The van der Waals surface area contributed by atoms with Crippen molar-refractivity contribution in [2.75, 3.05) is 11.5 Å². The van der Waals surface area contributed by atoms with Gasteiger partial charge in [-0.1, -0.05) is 0 Å². The van der Waals surface area contributed by atoms with Gasteiger partial charge in [-0.25, -0.2) is 16.8 Å². The molecule has 0 aromatic carbocycles.